The molecule has 0 fully saturated rings. The normalized spacial score (nSPS) is 10.2. The monoisotopic (exact) mass is 422 g/mol. The first-order valence-electron chi connectivity index (χ1n) is 8.78. The van der Waals surface area contributed by atoms with Crippen LogP contribution in [0.1, 0.15) is 26.3 Å². The Hall–Kier alpha value is -4.60. The number of hydrogen-bond donors (Lipinski definition) is 0. The minimum Gasteiger partial charge on any atom is -0.423 e. The van der Waals surface area contributed by atoms with E-state index < -0.39 is 21.8 Å². The van der Waals surface area contributed by atoms with Gasteiger partial charge in [0, 0.05) is 24.3 Å². The van der Waals surface area contributed by atoms with Crippen molar-refractivity contribution in [2.45, 2.75) is 6.92 Å². The van der Waals surface area contributed by atoms with Crippen molar-refractivity contribution >= 4 is 23.3 Å². The molecule has 0 aliphatic heterocycles. The lowest BCUT2D eigenvalue weighted by molar-refractivity contribution is -0.385. The Morgan fingerprint density at radius 3 is 1.74 bits per heavy atom. The zero-order chi connectivity index (χ0) is 22.5. The molecule has 0 bridgehead atoms. The molecule has 0 N–H and O–H groups in total. The minimum absolute atomic E-state index is 0.00743. The first-order chi connectivity index (χ1) is 14.7. The van der Waals surface area contributed by atoms with E-state index in [-0.39, 0.29) is 34.0 Å². The lowest BCUT2D eigenvalue weighted by atomic mass is 10.2. The Kier molecular flexibility index (Phi) is 6.01. The van der Waals surface area contributed by atoms with Gasteiger partial charge in [0.15, 0.2) is 0 Å². The van der Waals surface area contributed by atoms with Crippen LogP contribution in [0.4, 0.5) is 11.4 Å². The van der Waals surface area contributed by atoms with Crippen LogP contribution in [0.5, 0.6) is 11.5 Å². The van der Waals surface area contributed by atoms with E-state index in [1.807, 2.05) is 0 Å². The quantitative estimate of drug-likeness (QED) is 0.249. The van der Waals surface area contributed by atoms with Crippen molar-refractivity contribution in [3.63, 3.8) is 0 Å². The van der Waals surface area contributed by atoms with E-state index in [0.29, 0.717) is 5.56 Å². The highest BCUT2D eigenvalue weighted by molar-refractivity contribution is 5.92. The lowest BCUT2D eigenvalue weighted by Gasteiger charge is -2.10. The van der Waals surface area contributed by atoms with E-state index in [1.54, 1.807) is 6.92 Å². The molecule has 31 heavy (non-hydrogen) atoms. The summed E-state index contributed by atoms with van der Waals surface area (Å²) in [6, 6.07) is 14.5. The predicted octanol–water partition coefficient (Wildman–Crippen LogP) is 4.25. The van der Waals surface area contributed by atoms with Gasteiger partial charge < -0.3 is 9.47 Å². The van der Waals surface area contributed by atoms with Crippen LogP contribution in [0.3, 0.4) is 0 Å². The molecule has 0 saturated carbocycles. The third kappa shape index (κ3) is 5.07. The third-order valence-corrected chi connectivity index (χ3v) is 4.14. The summed E-state index contributed by atoms with van der Waals surface area (Å²) >= 11 is 0. The van der Waals surface area contributed by atoms with Crippen LogP contribution in [0.2, 0.25) is 0 Å². The number of carbonyl (C=O) groups excluding carboxylic acids is 2. The van der Waals surface area contributed by atoms with E-state index in [9.17, 15) is 29.8 Å². The minimum atomic E-state index is -0.788. The molecule has 0 aliphatic carbocycles. The van der Waals surface area contributed by atoms with Crippen molar-refractivity contribution in [3.05, 3.63) is 104 Å². The highest BCUT2D eigenvalue weighted by Crippen LogP contribution is 2.26. The number of hydrogen-bond acceptors (Lipinski definition) is 8. The topological polar surface area (TPSA) is 139 Å². The Morgan fingerprint density at radius 2 is 1.26 bits per heavy atom. The lowest BCUT2D eigenvalue weighted by Crippen LogP contribution is -2.11. The van der Waals surface area contributed by atoms with E-state index >= 15 is 0 Å². The van der Waals surface area contributed by atoms with Crippen molar-refractivity contribution in [2.24, 2.45) is 0 Å². The van der Waals surface area contributed by atoms with Gasteiger partial charge in [-0.25, -0.2) is 9.59 Å². The molecule has 3 aromatic rings. The maximum Gasteiger partial charge on any atom is 0.343 e. The summed E-state index contributed by atoms with van der Waals surface area (Å²) < 4.78 is 10.5. The van der Waals surface area contributed by atoms with Gasteiger partial charge in [-0.3, -0.25) is 20.2 Å². The van der Waals surface area contributed by atoms with Gasteiger partial charge in [0.25, 0.3) is 11.4 Å². The first kappa shape index (κ1) is 21.1. The average Bonchev–Trinajstić information content (AvgIpc) is 2.75. The second kappa shape index (κ2) is 8.82. The molecule has 10 nitrogen and oxygen atoms in total. The number of non-ortho nitro benzene ring substituents is 2. The van der Waals surface area contributed by atoms with Gasteiger partial charge >= 0.3 is 11.9 Å². The highest BCUT2D eigenvalue weighted by Gasteiger charge is 2.17. The van der Waals surface area contributed by atoms with Crippen LogP contribution >= 0.6 is 0 Å². The summed E-state index contributed by atoms with van der Waals surface area (Å²) in [6.45, 7) is 1.61. The molecule has 0 unspecified atom stereocenters. The van der Waals surface area contributed by atoms with Crippen molar-refractivity contribution < 1.29 is 28.9 Å². The third-order valence-electron chi connectivity index (χ3n) is 4.14. The average molecular weight is 422 g/mol. The summed E-state index contributed by atoms with van der Waals surface area (Å²) in [6.07, 6.45) is 0. The SMILES string of the molecule is Cc1cc(OC(=O)c2cccc([N+](=O)[O-])c2)ccc1OC(=O)c1cccc([N+](=O)[O-])c1. The van der Waals surface area contributed by atoms with Crippen molar-refractivity contribution in [1.29, 1.82) is 0 Å². The first-order valence-corrected chi connectivity index (χ1v) is 8.78. The molecule has 0 radical (unpaired) electrons. The van der Waals surface area contributed by atoms with E-state index in [4.69, 9.17) is 9.47 Å². The summed E-state index contributed by atoms with van der Waals surface area (Å²) in [5.41, 5.74) is -0.00505. The number of rotatable bonds is 6. The largest absolute Gasteiger partial charge is 0.423 e. The summed E-state index contributed by atoms with van der Waals surface area (Å²) in [4.78, 5) is 45.0. The molecule has 0 aliphatic rings. The molecular formula is C21H14N2O8. The highest BCUT2D eigenvalue weighted by atomic mass is 16.6. The molecule has 0 amide bonds. The second-order valence-electron chi connectivity index (χ2n) is 6.32. The van der Waals surface area contributed by atoms with Crippen LogP contribution in [-0.2, 0) is 0 Å². The molecule has 3 aromatic carbocycles. The Balaban J connectivity index is 1.73. The van der Waals surface area contributed by atoms with E-state index in [1.165, 1.54) is 54.6 Å². The summed E-state index contributed by atoms with van der Waals surface area (Å²) in [5.74, 6) is -1.26. The van der Waals surface area contributed by atoms with Gasteiger partial charge in [-0.1, -0.05) is 12.1 Å². The van der Waals surface area contributed by atoms with Gasteiger partial charge in [-0.15, -0.1) is 0 Å². The van der Waals surface area contributed by atoms with Crippen LogP contribution in [-0.4, -0.2) is 21.8 Å². The number of esters is 2. The molecule has 0 spiro atoms. The zero-order valence-corrected chi connectivity index (χ0v) is 16.0. The number of carbonyl (C=O) groups is 2. The molecule has 0 heterocycles. The standard InChI is InChI=1S/C21H14N2O8/c1-13-10-18(30-20(24)14-4-2-6-16(11-14)22(26)27)8-9-19(13)31-21(25)15-5-3-7-17(12-15)23(28)29/h2-12H,1H3. The Morgan fingerprint density at radius 1 is 0.742 bits per heavy atom. The fourth-order valence-corrected chi connectivity index (χ4v) is 2.62. The van der Waals surface area contributed by atoms with Gasteiger partial charge in [0.2, 0.25) is 0 Å². The molecule has 3 rings (SSSR count). The smallest absolute Gasteiger partial charge is 0.343 e. The predicted molar refractivity (Wildman–Crippen MR) is 107 cm³/mol. The van der Waals surface area contributed by atoms with E-state index in [0.717, 1.165) is 12.1 Å². The van der Waals surface area contributed by atoms with Gasteiger partial charge in [-0.05, 0) is 42.8 Å². The molecule has 156 valence electrons. The van der Waals surface area contributed by atoms with Gasteiger partial charge in [0.05, 0.1) is 21.0 Å². The van der Waals surface area contributed by atoms with Crippen LogP contribution < -0.4 is 9.47 Å². The fraction of sp³-hybridized carbons (Fsp3) is 0.0476. The van der Waals surface area contributed by atoms with Crippen molar-refractivity contribution in [2.75, 3.05) is 0 Å². The number of ether oxygens (including phenoxy) is 2. The molecule has 10 heteroatoms. The van der Waals surface area contributed by atoms with Crippen LogP contribution in [0.25, 0.3) is 0 Å². The van der Waals surface area contributed by atoms with Crippen molar-refractivity contribution in [3.8, 4) is 11.5 Å². The molecule has 0 atom stereocenters. The van der Waals surface area contributed by atoms with Crippen LogP contribution in [0, 0.1) is 27.2 Å². The number of aryl methyl sites for hydroxylation is 1. The molecule has 0 saturated heterocycles. The van der Waals surface area contributed by atoms with Crippen molar-refractivity contribution in [1.82, 2.24) is 0 Å². The van der Waals surface area contributed by atoms with Gasteiger partial charge in [0.1, 0.15) is 11.5 Å². The molecular weight excluding hydrogens is 408 g/mol. The van der Waals surface area contributed by atoms with Crippen LogP contribution in [0.15, 0.2) is 66.7 Å². The summed E-state index contributed by atoms with van der Waals surface area (Å²) in [5, 5.41) is 21.7. The Bertz CT molecular complexity index is 1210. The number of nitro groups is 2. The Labute approximate surface area is 174 Å². The second-order valence-corrected chi connectivity index (χ2v) is 6.32. The number of benzene rings is 3. The number of nitro benzene ring substituents is 2. The summed E-state index contributed by atoms with van der Waals surface area (Å²) in [7, 11) is 0. The maximum absolute atomic E-state index is 12.3. The maximum atomic E-state index is 12.3. The number of nitrogens with zero attached hydrogens (tertiary/aromatic N) is 2. The fourth-order valence-electron chi connectivity index (χ4n) is 2.62. The zero-order valence-electron chi connectivity index (χ0n) is 16.0. The van der Waals surface area contributed by atoms with Gasteiger partial charge in [-0.2, -0.15) is 0 Å². The molecule has 0 aromatic heterocycles. The van der Waals surface area contributed by atoms with E-state index in [2.05, 4.69) is 0 Å².